The minimum atomic E-state index is -0.782. The van der Waals surface area contributed by atoms with Crippen molar-refractivity contribution in [3.8, 4) is 0 Å². The quantitative estimate of drug-likeness (QED) is 0.0262. The van der Waals surface area contributed by atoms with Crippen LogP contribution in [0.1, 0.15) is 290 Å². The van der Waals surface area contributed by atoms with E-state index in [0.29, 0.717) is 19.3 Å². The highest BCUT2D eigenvalue weighted by molar-refractivity contribution is 5.71. The maximum absolute atomic E-state index is 12.9. The van der Waals surface area contributed by atoms with Gasteiger partial charge in [0.1, 0.15) is 13.2 Å². The second-order valence-electron chi connectivity index (χ2n) is 19.2. The van der Waals surface area contributed by atoms with Gasteiger partial charge in [-0.15, -0.1) is 0 Å². The van der Waals surface area contributed by atoms with Gasteiger partial charge in [-0.1, -0.05) is 242 Å². The lowest BCUT2D eigenvalue weighted by molar-refractivity contribution is -0.167. The molecule has 0 aliphatic rings. The van der Waals surface area contributed by atoms with Gasteiger partial charge < -0.3 is 14.2 Å². The van der Waals surface area contributed by atoms with Crippen LogP contribution in [0.5, 0.6) is 0 Å². The molecule has 6 nitrogen and oxygen atoms in total. The summed E-state index contributed by atoms with van der Waals surface area (Å²) in [6.07, 6.45) is 69.1. The molecule has 0 aliphatic carbocycles. The first-order valence-electron chi connectivity index (χ1n) is 28.8. The zero-order valence-electron chi connectivity index (χ0n) is 44.4. The Kier molecular flexibility index (Phi) is 53.3. The summed E-state index contributed by atoms with van der Waals surface area (Å²) in [6.45, 7) is 6.60. The van der Waals surface area contributed by atoms with Crippen molar-refractivity contribution in [2.75, 3.05) is 13.2 Å². The molecule has 0 radical (unpaired) electrons. The fourth-order valence-corrected chi connectivity index (χ4v) is 8.13. The number of hydrogen-bond donors (Lipinski definition) is 0. The summed E-state index contributed by atoms with van der Waals surface area (Å²) in [5, 5.41) is 0. The van der Waals surface area contributed by atoms with Crippen LogP contribution in [0.2, 0.25) is 0 Å². The molecule has 0 spiro atoms. The maximum Gasteiger partial charge on any atom is 0.306 e. The molecular formula is C61H108O6. The molecule has 0 aliphatic heterocycles. The molecule has 0 rings (SSSR count). The van der Waals surface area contributed by atoms with Gasteiger partial charge in [0.25, 0.3) is 0 Å². The molecule has 0 aromatic rings. The summed E-state index contributed by atoms with van der Waals surface area (Å²) >= 11 is 0. The van der Waals surface area contributed by atoms with E-state index in [0.717, 1.165) is 89.9 Å². The lowest BCUT2D eigenvalue weighted by Crippen LogP contribution is -2.30. The molecule has 1 unspecified atom stereocenters. The van der Waals surface area contributed by atoms with Crippen molar-refractivity contribution in [2.45, 2.75) is 297 Å². The molecule has 0 N–H and O–H groups in total. The molecule has 6 heteroatoms. The Hall–Kier alpha value is -2.89. The zero-order valence-corrected chi connectivity index (χ0v) is 44.4. The van der Waals surface area contributed by atoms with Gasteiger partial charge in [-0.05, 0) is 89.9 Å². The summed E-state index contributed by atoms with van der Waals surface area (Å²) < 4.78 is 16.9. The van der Waals surface area contributed by atoms with E-state index in [2.05, 4.69) is 81.5 Å². The summed E-state index contributed by atoms with van der Waals surface area (Å²) in [5.74, 6) is -0.890. The van der Waals surface area contributed by atoms with E-state index in [4.69, 9.17) is 14.2 Å². The first-order valence-corrected chi connectivity index (χ1v) is 28.8. The van der Waals surface area contributed by atoms with E-state index >= 15 is 0 Å². The monoisotopic (exact) mass is 937 g/mol. The van der Waals surface area contributed by atoms with Crippen molar-refractivity contribution in [2.24, 2.45) is 0 Å². The van der Waals surface area contributed by atoms with Crippen molar-refractivity contribution in [1.82, 2.24) is 0 Å². The Labute approximate surface area is 415 Å². The van der Waals surface area contributed by atoms with Crippen LogP contribution >= 0.6 is 0 Å². The third-order valence-corrected chi connectivity index (χ3v) is 12.5. The van der Waals surface area contributed by atoms with Gasteiger partial charge in [0.05, 0.1) is 0 Å². The second kappa shape index (κ2) is 55.7. The van der Waals surface area contributed by atoms with E-state index < -0.39 is 6.10 Å². The summed E-state index contributed by atoms with van der Waals surface area (Å²) in [4.78, 5) is 38.1. The van der Waals surface area contributed by atoms with Gasteiger partial charge in [-0.3, -0.25) is 14.4 Å². The Bertz CT molecular complexity index is 1210. The van der Waals surface area contributed by atoms with Crippen LogP contribution in [0.3, 0.4) is 0 Å². The van der Waals surface area contributed by atoms with Gasteiger partial charge in [-0.2, -0.15) is 0 Å². The molecule has 0 heterocycles. The standard InChI is InChI=1S/C61H108O6/c1-4-7-10-13-16-19-22-25-27-29-31-33-34-36-39-42-45-48-51-54-60(63)66-57-58(56-65-59(62)53-50-47-44-41-38-24-21-18-15-12-9-6-3)67-61(64)55-52-49-46-43-40-37-35-32-30-28-26-23-20-17-14-11-8-5-2/h16,19-20,23,25,27-28,30-31,33,58H,4-15,17-18,21-22,24,26,29,32,34-57H2,1-3H3/b19-16-,23-20-,27-25-,30-28-,33-31-. The molecule has 0 fully saturated rings. The molecular weight excluding hydrogens is 829 g/mol. The van der Waals surface area contributed by atoms with Crippen molar-refractivity contribution in [3.63, 3.8) is 0 Å². The number of allylic oxidation sites excluding steroid dienone is 10. The van der Waals surface area contributed by atoms with Crippen LogP contribution in [0.4, 0.5) is 0 Å². The van der Waals surface area contributed by atoms with Crippen molar-refractivity contribution in [3.05, 3.63) is 60.8 Å². The number of unbranched alkanes of at least 4 members (excludes halogenated alkanes) is 31. The normalized spacial score (nSPS) is 12.5. The summed E-state index contributed by atoms with van der Waals surface area (Å²) in [5.41, 5.74) is 0. The number of esters is 3. The zero-order chi connectivity index (χ0) is 48.6. The topological polar surface area (TPSA) is 78.9 Å². The Morgan fingerprint density at radius 3 is 0.881 bits per heavy atom. The number of rotatable bonds is 52. The van der Waals surface area contributed by atoms with E-state index in [-0.39, 0.29) is 31.1 Å². The number of carbonyl (C=O) groups excluding carboxylic acids is 3. The molecule has 1 atom stereocenters. The fraction of sp³-hybridized carbons (Fsp3) is 0.787. The van der Waals surface area contributed by atoms with Gasteiger partial charge in [0.15, 0.2) is 6.10 Å². The first kappa shape index (κ1) is 64.1. The molecule has 0 bridgehead atoms. The third-order valence-electron chi connectivity index (χ3n) is 12.5. The van der Waals surface area contributed by atoms with Crippen LogP contribution in [-0.2, 0) is 28.6 Å². The maximum atomic E-state index is 12.9. The summed E-state index contributed by atoms with van der Waals surface area (Å²) in [6, 6.07) is 0. The van der Waals surface area contributed by atoms with E-state index in [1.165, 1.54) is 161 Å². The Morgan fingerprint density at radius 2 is 0.537 bits per heavy atom. The highest BCUT2D eigenvalue weighted by atomic mass is 16.6. The molecule has 388 valence electrons. The van der Waals surface area contributed by atoms with Crippen LogP contribution in [0, 0.1) is 0 Å². The predicted molar refractivity (Wildman–Crippen MR) is 288 cm³/mol. The minimum absolute atomic E-state index is 0.0795. The van der Waals surface area contributed by atoms with Crippen molar-refractivity contribution >= 4 is 17.9 Å². The molecule has 67 heavy (non-hydrogen) atoms. The number of hydrogen-bond acceptors (Lipinski definition) is 6. The second-order valence-corrected chi connectivity index (χ2v) is 19.2. The van der Waals surface area contributed by atoms with Crippen LogP contribution in [0.15, 0.2) is 60.8 Å². The molecule has 0 aromatic carbocycles. The average Bonchev–Trinajstić information content (AvgIpc) is 3.33. The van der Waals surface area contributed by atoms with E-state index in [1.54, 1.807) is 0 Å². The molecule has 0 amide bonds. The molecule has 0 saturated carbocycles. The smallest absolute Gasteiger partial charge is 0.306 e. The minimum Gasteiger partial charge on any atom is -0.462 e. The van der Waals surface area contributed by atoms with Crippen LogP contribution in [-0.4, -0.2) is 37.2 Å². The number of carbonyl (C=O) groups is 3. The molecule has 0 aromatic heterocycles. The van der Waals surface area contributed by atoms with Crippen molar-refractivity contribution < 1.29 is 28.6 Å². The third kappa shape index (κ3) is 53.9. The highest BCUT2D eigenvalue weighted by Crippen LogP contribution is 2.15. The predicted octanol–water partition coefficient (Wildman–Crippen LogP) is 19.2. The van der Waals surface area contributed by atoms with E-state index in [9.17, 15) is 14.4 Å². The largest absolute Gasteiger partial charge is 0.462 e. The lowest BCUT2D eigenvalue weighted by Gasteiger charge is -2.18. The first-order chi connectivity index (χ1) is 33.0. The van der Waals surface area contributed by atoms with Crippen LogP contribution < -0.4 is 0 Å². The highest BCUT2D eigenvalue weighted by Gasteiger charge is 2.19. The Balaban J connectivity index is 4.38. The van der Waals surface area contributed by atoms with Crippen molar-refractivity contribution in [1.29, 1.82) is 0 Å². The van der Waals surface area contributed by atoms with Gasteiger partial charge >= 0.3 is 17.9 Å². The van der Waals surface area contributed by atoms with Gasteiger partial charge in [-0.25, -0.2) is 0 Å². The molecule has 0 saturated heterocycles. The lowest BCUT2D eigenvalue weighted by atomic mass is 10.0. The van der Waals surface area contributed by atoms with E-state index in [1.807, 2.05) is 0 Å². The fourth-order valence-electron chi connectivity index (χ4n) is 8.13. The van der Waals surface area contributed by atoms with Crippen LogP contribution in [0.25, 0.3) is 0 Å². The van der Waals surface area contributed by atoms with Gasteiger partial charge in [0, 0.05) is 19.3 Å². The number of ether oxygens (including phenoxy) is 3. The van der Waals surface area contributed by atoms with Gasteiger partial charge in [0.2, 0.25) is 0 Å². The SMILES string of the molecule is CCCCC/C=C\C/C=C\C/C=C\CCCCCCCCC(=O)OCC(COC(=O)CCCCCCCCCCCCCC)OC(=O)CCCCCCCCC/C=C\C/C=C\CCCCCC. The summed E-state index contributed by atoms with van der Waals surface area (Å²) in [7, 11) is 0. The Morgan fingerprint density at radius 1 is 0.299 bits per heavy atom. The average molecular weight is 938 g/mol.